The van der Waals surface area contributed by atoms with Gasteiger partial charge in [-0.3, -0.25) is 0 Å². The fraction of sp³-hybridized carbons (Fsp3) is 0. The molecule has 0 rings (SSSR count). The molecule has 0 saturated heterocycles. The van der Waals surface area contributed by atoms with Crippen LogP contribution in [0.5, 0.6) is 0 Å². The molecule has 44 valence electrons. The summed E-state index contributed by atoms with van der Waals surface area (Å²) in [6, 6.07) is 0. The zero-order valence-electron chi connectivity index (χ0n) is 3.07. The molecule has 0 unspecified atom stereocenters. The third kappa shape index (κ3) is 80.4. The Morgan fingerprint density at radius 1 is 0.857 bits per heavy atom. The van der Waals surface area contributed by atoms with Crippen LogP contribution < -0.4 is 14.7 Å². The maximum absolute atomic E-state index is 8.48. The first kappa shape index (κ1) is 23.2. The summed E-state index contributed by atoms with van der Waals surface area (Å²) in [5.41, 5.74) is 0. The Balaban J connectivity index is -0.0000000150. The van der Waals surface area contributed by atoms with Crippen LogP contribution in [0.25, 0.3) is 0 Å². The van der Waals surface area contributed by atoms with Crippen LogP contribution in [0.4, 0.5) is 0 Å². The van der Waals surface area contributed by atoms with Gasteiger partial charge in [-0.2, -0.15) is 0 Å². The van der Waals surface area contributed by atoms with Crippen LogP contribution in [0.2, 0.25) is 0 Å². The van der Waals surface area contributed by atoms with Gasteiger partial charge in [0.25, 0.3) is 0 Å². The molecule has 0 amide bonds. The molecule has 3 nitrogen and oxygen atoms in total. The van der Waals surface area contributed by atoms with Gasteiger partial charge in [0.15, 0.2) is 0 Å². The first-order valence-corrected chi connectivity index (χ1v) is 1.64. The van der Waals surface area contributed by atoms with Crippen molar-refractivity contribution in [2.24, 2.45) is 0 Å². The van der Waals surface area contributed by atoms with E-state index in [2.05, 4.69) is 0 Å². The summed E-state index contributed by atoms with van der Waals surface area (Å²) in [5.74, 6) is 0. The molecule has 7 heavy (non-hydrogen) atoms. The van der Waals surface area contributed by atoms with Crippen LogP contribution in [0.15, 0.2) is 0 Å². The third-order valence-corrected chi connectivity index (χ3v) is 0. The van der Waals surface area contributed by atoms with Gasteiger partial charge in [0.05, 0.1) is 0 Å². The van der Waals surface area contributed by atoms with Crippen molar-refractivity contribution in [2.75, 3.05) is 0 Å². The van der Waals surface area contributed by atoms with Gasteiger partial charge >= 0.3 is 27.3 Å². The van der Waals surface area contributed by atoms with Crippen LogP contribution in [0.1, 0.15) is 0 Å². The molecule has 0 aliphatic heterocycles. The van der Waals surface area contributed by atoms with Gasteiger partial charge < -0.3 is 23.3 Å². The fourth-order valence-corrected chi connectivity index (χ4v) is 0. The van der Waals surface area contributed by atoms with Gasteiger partial charge in [-0.25, -0.2) is 0 Å². The molecule has 0 radical (unpaired) electrons. The Bertz CT molecular complexity index is 17.7. The van der Waals surface area contributed by atoms with Crippen LogP contribution in [0.3, 0.4) is 0 Å². The Hall–Kier alpha value is 1.81. The molecule has 0 heterocycles. The first-order chi connectivity index (χ1) is 1.73. The summed E-state index contributed by atoms with van der Waals surface area (Å²) in [6.07, 6.45) is 0. The number of hydrogen-bond donors (Lipinski definition) is 0. The molecule has 0 N–H and O–H groups in total. The molecule has 0 aromatic heterocycles. The van der Waals surface area contributed by atoms with E-state index in [-0.39, 0.29) is 52.1 Å². The molecule has 0 fully saturated rings. The summed E-state index contributed by atoms with van der Waals surface area (Å²) in [5, 5.41) is 0. The topological polar surface area (TPSA) is 69.2 Å². The quantitative estimate of drug-likeness (QED) is 0.354. The van der Waals surface area contributed by atoms with Crippen molar-refractivity contribution in [1.82, 2.24) is 0 Å². The predicted octanol–water partition coefficient (Wildman–Crippen LogP) is -2.51. The van der Waals surface area contributed by atoms with E-state index >= 15 is 0 Å². The third-order valence-electron chi connectivity index (χ3n) is 0. The summed E-state index contributed by atoms with van der Waals surface area (Å²) in [7, 11) is -3.37. The van der Waals surface area contributed by atoms with Crippen LogP contribution >= 0.6 is 33.4 Å². The standard InChI is InChI=1S/2ClH.O3P.Pb.H/c;;1-4(2)3;;/h2*1H;;;/q;;-3;+3;. The summed E-state index contributed by atoms with van der Waals surface area (Å²) >= 11 is 0. The van der Waals surface area contributed by atoms with E-state index in [1.165, 1.54) is 0 Å². The van der Waals surface area contributed by atoms with Crippen molar-refractivity contribution >= 4 is 60.7 Å². The van der Waals surface area contributed by atoms with Crippen molar-refractivity contribution in [2.45, 2.75) is 0 Å². The second kappa shape index (κ2) is 15.7. The molecule has 0 aromatic rings. The Morgan fingerprint density at radius 3 is 0.857 bits per heavy atom. The Morgan fingerprint density at radius 2 is 0.857 bits per heavy atom. The monoisotopic (exact) mass is 360 g/mol. The molecule has 0 saturated carbocycles. The molecule has 0 aromatic carbocycles. The van der Waals surface area contributed by atoms with E-state index in [9.17, 15) is 0 Å². The summed E-state index contributed by atoms with van der Waals surface area (Å²) in [4.78, 5) is 25.4. The van der Waals surface area contributed by atoms with Gasteiger partial charge in [-0.05, 0) is 0 Å². The zero-order chi connectivity index (χ0) is 3.58. The predicted molar refractivity (Wildman–Crippen MR) is 28.6 cm³/mol. The average molecular weight is 360 g/mol. The van der Waals surface area contributed by atoms with Crippen molar-refractivity contribution in [3.05, 3.63) is 0 Å². The van der Waals surface area contributed by atoms with Gasteiger partial charge in [-0.1, -0.05) is 0 Å². The van der Waals surface area contributed by atoms with Crippen molar-refractivity contribution in [1.29, 1.82) is 0 Å². The molecule has 0 atom stereocenters. The molecule has 0 spiro atoms. The zero-order valence-corrected chi connectivity index (χ0v) is 10.1. The van der Waals surface area contributed by atoms with Crippen molar-refractivity contribution < 1.29 is 14.7 Å². The second-order valence-electron chi connectivity index (χ2n) is 0.224. The van der Waals surface area contributed by atoms with E-state index in [1.54, 1.807) is 0 Å². The molecule has 0 bridgehead atoms. The van der Waals surface area contributed by atoms with Gasteiger partial charge in [0, 0.05) is 0 Å². The minimum atomic E-state index is -3.37. The van der Waals surface area contributed by atoms with E-state index in [4.69, 9.17) is 14.7 Å². The van der Waals surface area contributed by atoms with Gasteiger partial charge in [0.1, 0.15) is 0 Å². The number of hydrogen-bond acceptors (Lipinski definition) is 3. The summed E-state index contributed by atoms with van der Waals surface area (Å²) in [6.45, 7) is 0. The van der Waals surface area contributed by atoms with Gasteiger partial charge in [0.2, 0.25) is 0 Å². The Kier molecular flexibility index (Phi) is 51.9. The van der Waals surface area contributed by atoms with Crippen molar-refractivity contribution in [3.8, 4) is 0 Å². The van der Waals surface area contributed by atoms with Crippen LogP contribution in [0, 0.1) is 0 Å². The number of rotatable bonds is 0. The maximum atomic E-state index is 8.48. The average Bonchev–Trinajstić information content (AvgIpc) is 0.811. The molecule has 7 heteroatoms. The molecular formula is H3Cl2O3PPb. The van der Waals surface area contributed by atoms with E-state index < -0.39 is 8.60 Å². The van der Waals surface area contributed by atoms with Crippen LogP contribution in [-0.4, -0.2) is 27.3 Å². The normalized spacial score (nSPS) is 5.14. The van der Waals surface area contributed by atoms with E-state index in [0.717, 1.165) is 0 Å². The molecule has 0 aliphatic carbocycles. The Labute approximate surface area is 75.1 Å². The number of halogens is 2. The van der Waals surface area contributed by atoms with E-state index in [1.807, 2.05) is 0 Å². The van der Waals surface area contributed by atoms with E-state index in [0.29, 0.717) is 0 Å². The fourth-order valence-electron chi connectivity index (χ4n) is 0. The molecular weight excluding hydrogens is 357 g/mol. The summed E-state index contributed by atoms with van der Waals surface area (Å²) < 4.78 is 0. The SMILES string of the molecule is Cl.Cl.[O-]P([O-])[O-].[PbH+3]. The van der Waals surface area contributed by atoms with Crippen LogP contribution in [-0.2, 0) is 0 Å². The second-order valence-corrected chi connectivity index (χ2v) is 0.671. The van der Waals surface area contributed by atoms with Crippen molar-refractivity contribution in [3.63, 3.8) is 0 Å². The van der Waals surface area contributed by atoms with Gasteiger partial charge in [-0.15, -0.1) is 24.8 Å². The molecule has 0 aliphatic rings. The minimum absolute atomic E-state index is 0. The first-order valence-electron chi connectivity index (χ1n) is 0.548.